The van der Waals surface area contributed by atoms with Crippen LogP contribution in [0.25, 0.3) is 0 Å². The summed E-state index contributed by atoms with van der Waals surface area (Å²) in [5.74, 6) is 1.41. The van der Waals surface area contributed by atoms with Gasteiger partial charge in [0, 0.05) is 34.4 Å². The van der Waals surface area contributed by atoms with Gasteiger partial charge in [0.25, 0.3) is 0 Å². The van der Waals surface area contributed by atoms with Crippen molar-refractivity contribution in [2.24, 2.45) is 4.99 Å². The van der Waals surface area contributed by atoms with Crippen LogP contribution in [0.15, 0.2) is 21.8 Å². The third-order valence-electron chi connectivity index (χ3n) is 2.61. The minimum atomic E-state index is -0.835. The van der Waals surface area contributed by atoms with Crippen LogP contribution in [-0.2, 0) is 17.3 Å². The van der Waals surface area contributed by atoms with Gasteiger partial charge in [0.2, 0.25) is 0 Å². The molecule has 0 amide bonds. The molecule has 1 atom stereocenters. The number of hydrogen-bond donors (Lipinski definition) is 2. The molecule has 114 valence electrons. The van der Waals surface area contributed by atoms with Crippen molar-refractivity contribution in [1.29, 1.82) is 0 Å². The van der Waals surface area contributed by atoms with Gasteiger partial charge in [-0.1, -0.05) is 0 Å². The summed E-state index contributed by atoms with van der Waals surface area (Å²) >= 11 is 1.68. The number of aliphatic imine (C=N–C) groups is 1. The monoisotopic (exact) mass is 315 g/mol. The summed E-state index contributed by atoms with van der Waals surface area (Å²) in [5, 5.41) is 10.6. The molecule has 4 nitrogen and oxygen atoms in total. The Morgan fingerprint density at radius 2 is 2.15 bits per heavy atom. The number of nitrogens with zero attached hydrogens (tertiary/aromatic N) is 1. The summed E-state index contributed by atoms with van der Waals surface area (Å²) in [6, 6.07) is 2.08. The van der Waals surface area contributed by atoms with Gasteiger partial charge in [0.15, 0.2) is 5.96 Å². The maximum atomic E-state index is 12.0. The van der Waals surface area contributed by atoms with E-state index < -0.39 is 10.8 Å². The van der Waals surface area contributed by atoms with Crippen LogP contribution < -0.4 is 10.6 Å². The fourth-order valence-electron chi connectivity index (χ4n) is 1.46. The van der Waals surface area contributed by atoms with E-state index in [9.17, 15) is 4.21 Å². The average Bonchev–Trinajstić information content (AvgIpc) is 2.87. The van der Waals surface area contributed by atoms with Crippen LogP contribution in [-0.4, -0.2) is 33.8 Å². The zero-order valence-corrected chi connectivity index (χ0v) is 14.4. The van der Waals surface area contributed by atoms with E-state index in [1.165, 1.54) is 5.56 Å². The Balaban J connectivity index is 2.43. The van der Waals surface area contributed by atoms with Gasteiger partial charge in [0.1, 0.15) is 0 Å². The Morgan fingerprint density at radius 3 is 2.70 bits per heavy atom. The van der Waals surface area contributed by atoms with Crippen molar-refractivity contribution in [3.8, 4) is 0 Å². The van der Waals surface area contributed by atoms with E-state index in [1.54, 1.807) is 11.3 Å². The number of thiophene rings is 1. The summed E-state index contributed by atoms with van der Waals surface area (Å²) in [4.78, 5) is 4.52. The van der Waals surface area contributed by atoms with E-state index in [2.05, 4.69) is 32.5 Å². The lowest BCUT2D eigenvalue weighted by Crippen LogP contribution is -2.40. The molecule has 1 aromatic heterocycles. The molecule has 0 saturated carbocycles. The molecule has 0 aliphatic heterocycles. The molecule has 0 fully saturated rings. The highest BCUT2D eigenvalue weighted by molar-refractivity contribution is 7.86. The standard InChI is InChI=1S/C14H25N3OS2/c1-5-15-13(17-10-12-6-8-19-11-12)16-7-9-20(18)14(2,3)4/h6,8,11H,5,7,9-10H2,1-4H3,(H2,15,16,17). The highest BCUT2D eigenvalue weighted by atomic mass is 32.2. The van der Waals surface area contributed by atoms with Crippen molar-refractivity contribution in [2.45, 2.75) is 39.0 Å². The molecular formula is C14H25N3OS2. The van der Waals surface area contributed by atoms with Crippen LogP contribution in [0.3, 0.4) is 0 Å². The van der Waals surface area contributed by atoms with Gasteiger partial charge in [-0.3, -0.25) is 4.21 Å². The van der Waals surface area contributed by atoms with Gasteiger partial charge in [-0.15, -0.1) is 0 Å². The summed E-state index contributed by atoms with van der Waals surface area (Å²) in [7, 11) is -0.835. The van der Waals surface area contributed by atoms with Crippen LogP contribution in [0, 0.1) is 0 Å². The maximum absolute atomic E-state index is 12.0. The molecule has 1 unspecified atom stereocenters. The fourth-order valence-corrected chi connectivity index (χ4v) is 3.02. The maximum Gasteiger partial charge on any atom is 0.191 e. The number of hydrogen-bond acceptors (Lipinski definition) is 3. The van der Waals surface area contributed by atoms with Gasteiger partial charge >= 0.3 is 0 Å². The van der Waals surface area contributed by atoms with Crippen LogP contribution in [0.1, 0.15) is 33.3 Å². The van der Waals surface area contributed by atoms with Crippen LogP contribution >= 0.6 is 11.3 Å². The number of guanidine groups is 1. The molecule has 0 radical (unpaired) electrons. The van der Waals surface area contributed by atoms with Crippen LogP contribution in [0.5, 0.6) is 0 Å². The molecule has 0 spiro atoms. The zero-order valence-electron chi connectivity index (χ0n) is 12.7. The van der Waals surface area contributed by atoms with Gasteiger partial charge in [-0.25, -0.2) is 4.99 Å². The molecule has 20 heavy (non-hydrogen) atoms. The molecule has 6 heteroatoms. The lowest BCUT2D eigenvalue weighted by atomic mass is 10.3. The van der Waals surface area contributed by atoms with E-state index in [0.717, 1.165) is 12.5 Å². The predicted molar refractivity (Wildman–Crippen MR) is 89.9 cm³/mol. The van der Waals surface area contributed by atoms with Crippen molar-refractivity contribution in [2.75, 3.05) is 18.8 Å². The highest BCUT2D eigenvalue weighted by Crippen LogP contribution is 2.10. The molecule has 1 aromatic rings. The van der Waals surface area contributed by atoms with Crippen LogP contribution in [0.2, 0.25) is 0 Å². The van der Waals surface area contributed by atoms with E-state index >= 15 is 0 Å². The number of rotatable bonds is 6. The van der Waals surface area contributed by atoms with E-state index in [1.807, 2.05) is 27.7 Å². The summed E-state index contributed by atoms with van der Waals surface area (Å²) in [6.07, 6.45) is 0. The first-order valence-corrected chi connectivity index (χ1v) is 9.11. The minimum absolute atomic E-state index is 0.159. The van der Waals surface area contributed by atoms with Gasteiger partial charge < -0.3 is 10.6 Å². The quantitative estimate of drug-likeness (QED) is 0.626. The Hall–Kier alpha value is -0.880. The Labute approximate surface area is 128 Å². The van der Waals surface area contributed by atoms with Crippen molar-refractivity contribution in [3.05, 3.63) is 22.4 Å². The van der Waals surface area contributed by atoms with Crippen molar-refractivity contribution in [1.82, 2.24) is 10.6 Å². The first kappa shape index (κ1) is 17.2. The smallest absolute Gasteiger partial charge is 0.191 e. The van der Waals surface area contributed by atoms with Crippen LogP contribution in [0.4, 0.5) is 0 Å². The first-order valence-electron chi connectivity index (χ1n) is 6.85. The summed E-state index contributed by atoms with van der Waals surface area (Å²) in [5.41, 5.74) is 1.21. The van der Waals surface area contributed by atoms with Gasteiger partial charge in [-0.05, 0) is 50.1 Å². The molecule has 0 aromatic carbocycles. The third kappa shape index (κ3) is 6.52. The Bertz CT molecular complexity index is 436. The summed E-state index contributed by atoms with van der Waals surface area (Å²) in [6.45, 7) is 10.2. The lowest BCUT2D eigenvalue weighted by Gasteiger charge is -2.18. The zero-order chi connectivity index (χ0) is 15.0. The molecule has 2 N–H and O–H groups in total. The normalized spacial score (nSPS) is 14.1. The van der Waals surface area contributed by atoms with Crippen molar-refractivity contribution < 1.29 is 4.21 Å². The van der Waals surface area contributed by atoms with Crippen molar-refractivity contribution >= 4 is 28.1 Å². The van der Waals surface area contributed by atoms with E-state index in [-0.39, 0.29) is 4.75 Å². The van der Waals surface area contributed by atoms with Gasteiger partial charge in [-0.2, -0.15) is 11.3 Å². The SMILES string of the molecule is CCNC(=NCc1ccsc1)NCCS(=O)C(C)(C)C. The van der Waals surface area contributed by atoms with E-state index in [0.29, 0.717) is 18.8 Å². The fraction of sp³-hybridized carbons (Fsp3) is 0.643. The molecule has 0 aliphatic carbocycles. The Kier molecular flexibility index (Phi) is 7.23. The second-order valence-electron chi connectivity index (χ2n) is 5.42. The molecular weight excluding hydrogens is 290 g/mol. The predicted octanol–water partition coefficient (Wildman–Crippen LogP) is 2.35. The highest BCUT2D eigenvalue weighted by Gasteiger charge is 2.18. The molecule has 1 heterocycles. The number of nitrogens with one attached hydrogen (secondary N) is 2. The third-order valence-corrected chi connectivity index (χ3v) is 5.28. The molecule has 1 rings (SSSR count). The second kappa shape index (κ2) is 8.42. The van der Waals surface area contributed by atoms with Crippen molar-refractivity contribution in [3.63, 3.8) is 0 Å². The summed E-state index contributed by atoms with van der Waals surface area (Å²) < 4.78 is 11.8. The lowest BCUT2D eigenvalue weighted by molar-refractivity contribution is 0.647. The Morgan fingerprint density at radius 1 is 1.40 bits per heavy atom. The molecule has 0 aliphatic rings. The molecule has 0 saturated heterocycles. The molecule has 0 bridgehead atoms. The first-order chi connectivity index (χ1) is 9.43. The largest absolute Gasteiger partial charge is 0.357 e. The topological polar surface area (TPSA) is 53.5 Å². The minimum Gasteiger partial charge on any atom is -0.357 e. The second-order valence-corrected chi connectivity index (χ2v) is 8.52. The van der Waals surface area contributed by atoms with E-state index in [4.69, 9.17) is 0 Å². The average molecular weight is 316 g/mol. The van der Waals surface area contributed by atoms with Gasteiger partial charge in [0.05, 0.1) is 6.54 Å².